The lowest BCUT2D eigenvalue weighted by Crippen LogP contribution is -2.16. The van der Waals surface area contributed by atoms with Gasteiger partial charge in [-0.1, -0.05) is 86.6 Å². The predicted molar refractivity (Wildman–Crippen MR) is 254 cm³/mol. The molecular formula is C57H50N2. The quantitative estimate of drug-likeness (QED) is 0.156. The Hall–Kier alpha value is -6.64. The van der Waals surface area contributed by atoms with Crippen LogP contribution in [0.15, 0.2) is 158 Å². The molecule has 0 N–H and O–H groups in total. The largest absolute Gasteiger partial charge is 0.310 e. The van der Waals surface area contributed by atoms with E-state index in [0.717, 1.165) is 22.7 Å². The van der Waals surface area contributed by atoms with Crippen molar-refractivity contribution in [3.05, 3.63) is 202 Å². The van der Waals surface area contributed by atoms with Crippen molar-refractivity contribution in [1.29, 1.82) is 0 Å². The number of anilines is 6. The van der Waals surface area contributed by atoms with Crippen molar-refractivity contribution in [3.63, 3.8) is 0 Å². The molecule has 2 heteroatoms. The summed E-state index contributed by atoms with van der Waals surface area (Å²) in [6.45, 7) is 18.2. The van der Waals surface area contributed by atoms with Crippen molar-refractivity contribution >= 4 is 66.4 Å². The van der Waals surface area contributed by atoms with E-state index in [0.29, 0.717) is 0 Å². The Morgan fingerprint density at radius 2 is 0.847 bits per heavy atom. The van der Waals surface area contributed by atoms with Crippen LogP contribution >= 0.6 is 0 Å². The zero-order valence-corrected chi connectivity index (χ0v) is 35.4. The number of hydrogen-bond acceptors (Lipinski definition) is 2. The van der Waals surface area contributed by atoms with Gasteiger partial charge in [0.1, 0.15) is 0 Å². The topological polar surface area (TPSA) is 6.48 Å². The Bertz CT molecular complexity index is 3090. The van der Waals surface area contributed by atoms with Gasteiger partial charge in [0.05, 0.1) is 0 Å². The van der Waals surface area contributed by atoms with E-state index < -0.39 is 0 Å². The van der Waals surface area contributed by atoms with Crippen molar-refractivity contribution in [2.45, 2.75) is 60.8 Å². The summed E-state index contributed by atoms with van der Waals surface area (Å²) in [6, 6.07) is 59.1. The highest BCUT2D eigenvalue weighted by Gasteiger charge is 2.39. The number of fused-ring (bicyclic) bond motifs is 9. The second kappa shape index (κ2) is 13.7. The van der Waals surface area contributed by atoms with Crippen LogP contribution in [0.25, 0.3) is 43.4 Å². The minimum Gasteiger partial charge on any atom is -0.310 e. The summed E-state index contributed by atoms with van der Waals surface area (Å²) >= 11 is 0. The molecule has 0 fully saturated rings. The fraction of sp³-hybridized carbons (Fsp3) is 0.158. The molecule has 0 spiro atoms. The van der Waals surface area contributed by atoms with Crippen molar-refractivity contribution in [2.24, 2.45) is 0 Å². The van der Waals surface area contributed by atoms with Gasteiger partial charge in [0.25, 0.3) is 0 Å². The SMILES string of the molecule is Cc1cc(N(c2ccccc2)c2ccc3cc4c(cc3c2)C(C)(C)c2c-4c3ccccc3c3cc(N(c4ccccc4)c4cc(C)c(C)c(C)c4)ccc23)cc(C)c1C. The third kappa shape index (κ3) is 5.84. The van der Waals surface area contributed by atoms with Crippen molar-refractivity contribution in [1.82, 2.24) is 0 Å². The number of nitrogens with zero attached hydrogens (tertiary/aromatic N) is 2. The zero-order valence-electron chi connectivity index (χ0n) is 35.4. The van der Waals surface area contributed by atoms with Crippen LogP contribution in [0.2, 0.25) is 0 Å². The van der Waals surface area contributed by atoms with Crippen LogP contribution in [0.4, 0.5) is 34.1 Å². The number of rotatable bonds is 6. The molecule has 1 aliphatic rings. The zero-order chi connectivity index (χ0) is 40.7. The van der Waals surface area contributed by atoms with E-state index in [4.69, 9.17) is 0 Å². The lowest BCUT2D eigenvalue weighted by atomic mass is 9.79. The maximum Gasteiger partial charge on any atom is 0.0468 e. The van der Waals surface area contributed by atoms with Gasteiger partial charge in [0, 0.05) is 39.5 Å². The van der Waals surface area contributed by atoms with Crippen LogP contribution in [-0.2, 0) is 5.41 Å². The summed E-state index contributed by atoms with van der Waals surface area (Å²) in [6.07, 6.45) is 0. The second-order valence-electron chi connectivity index (χ2n) is 17.3. The van der Waals surface area contributed by atoms with E-state index in [9.17, 15) is 0 Å². The van der Waals surface area contributed by atoms with Gasteiger partial charge < -0.3 is 9.80 Å². The lowest BCUT2D eigenvalue weighted by molar-refractivity contribution is 0.667. The van der Waals surface area contributed by atoms with Crippen LogP contribution in [0.1, 0.15) is 58.4 Å². The Morgan fingerprint density at radius 1 is 0.356 bits per heavy atom. The maximum absolute atomic E-state index is 2.48. The summed E-state index contributed by atoms with van der Waals surface area (Å²) in [5, 5.41) is 7.70. The molecule has 0 atom stereocenters. The molecule has 59 heavy (non-hydrogen) atoms. The van der Waals surface area contributed by atoms with E-state index >= 15 is 0 Å². The van der Waals surface area contributed by atoms with E-state index in [1.54, 1.807) is 0 Å². The van der Waals surface area contributed by atoms with Gasteiger partial charge in [-0.15, -0.1) is 0 Å². The van der Waals surface area contributed by atoms with E-state index in [-0.39, 0.29) is 5.41 Å². The molecule has 0 aliphatic heterocycles. The van der Waals surface area contributed by atoms with E-state index in [1.165, 1.54) is 99.3 Å². The molecule has 2 nitrogen and oxygen atoms in total. The standard InChI is InChI=1S/C57H50N2/c1-35-27-47(28-36(2)39(35)5)58(43-17-11-9-12-18-43)45-24-23-41-32-53-54(33-42(41)31-45)57(7,8)56-51-26-25-46(34-52(51)49-21-15-16-22-50(49)55(53)56)59(44-19-13-10-14-20-44)48-29-37(3)40(6)38(4)30-48/h9-34H,1-8H3. The number of para-hydroxylation sites is 2. The number of benzene rings is 9. The molecule has 0 unspecified atom stereocenters. The molecule has 0 saturated heterocycles. The van der Waals surface area contributed by atoms with E-state index in [2.05, 4.69) is 223 Å². The molecule has 9 aromatic carbocycles. The minimum absolute atomic E-state index is 0.229. The first-order valence-electron chi connectivity index (χ1n) is 20.9. The average molecular weight is 763 g/mol. The molecule has 0 bridgehead atoms. The summed E-state index contributed by atoms with van der Waals surface area (Å²) in [4.78, 5) is 4.83. The van der Waals surface area contributed by atoms with Crippen LogP contribution in [0.5, 0.6) is 0 Å². The van der Waals surface area contributed by atoms with Gasteiger partial charge in [-0.3, -0.25) is 0 Å². The minimum atomic E-state index is -0.229. The van der Waals surface area contributed by atoms with Crippen LogP contribution in [-0.4, -0.2) is 0 Å². The molecule has 0 heterocycles. The highest BCUT2D eigenvalue weighted by Crippen LogP contribution is 2.56. The first-order chi connectivity index (χ1) is 28.5. The summed E-state index contributed by atoms with van der Waals surface area (Å²) < 4.78 is 0. The molecule has 0 amide bonds. The van der Waals surface area contributed by atoms with Gasteiger partial charge in [0.2, 0.25) is 0 Å². The number of aryl methyl sites for hydroxylation is 4. The molecule has 0 aromatic heterocycles. The highest BCUT2D eigenvalue weighted by atomic mass is 15.1. The van der Waals surface area contributed by atoms with E-state index in [1.807, 2.05) is 0 Å². The Labute approximate surface area is 349 Å². The van der Waals surface area contributed by atoms with Crippen LogP contribution < -0.4 is 9.80 Å². The fourth-order valence-electron chi connectivity index (χ4n) is 9.86. The van der Waals surface area contributed by atoms with Gasteiger partial charge in [-0.25, -0.2) is 0 Å². The first-order valence-corrected chi connectivity index (χ1v) is 20.9. The Kier molecular flexibility index (Phi) is 8.54. The predicted octanol–water partition coefficient (Wildman–Crippen LogP) is 16.2. The average Bonchev–Trinajstić information content (AvgIpc) is 3.47. The molecule has 0 radical (unpaired) electrons. The third-order valence-electron chi connectivity index (χ3n) is 13.4. The second-order valence-corrected chi connectivity index (χ2v) is 17.3. The summed E-state index contributed by atoms with van der Waals surface area (Å²) in [5.74, 6) is 0. The van der Waals surface area contributed by atoms with Gasteiger partial charge in [-0.2, -0.15) is 0 Å². The fourth-order valence-corrected chi connectivity index (χ4v) is 9.86. The molecule has 9 aromatic rings. The molecule has 288 valence electrons. The Balaban J connectivity index is 1.16. The maximum atomic E-state index is 2.48. The van der Waals surface area contributed by atoms with Gasteiger partial charge >= 0.3 is 0 Å². The Morgan fingerprint density at radius 3 is 1.41 bits per heavy atom. The van der Waals surface area contributed by atoms with Crippen molar-refractivity contribution in [2.75, 3.05) is 9.80 Å². The molecule has 0 saturated carbocycles. The monoisotopic (exact) mass is 762 g/mol. The van der Waals surface area contributed by atoms with Crippen molar-refractivity contribution in [3.8, 4) is 11.1 Å². The smallest absolute Gasteiger partial charge is 0.0468 e. The number of hydrogen-bond donors (Lipinski definition) is 0. The summed E-state index contributed by atoms with van der Waals surface area (Å²) in [5.41, 5.74) is 20.2. The van der Waals surface area contributed by atoms with Crippen LogP contribution in [0.3, 0.4) is 0 Å². The van der Waals surface area contributed by atoms with Crippen LogP contribution in [0, 0.1) is 41.5 Å². The van der Waals surface area contributed by atoms with Gasteiger partial charge in [0.15, 0.2) is 0 Å². The normalized spacial score (nSPS) is 12.9. The highest BCUT2D eigenvalue weighted by molar-refractivity contribution is 6.19. The molecular weight excluding hydrogens is 713 g/mol. The molecule has 10 rings (SSSR count). The van der Waals surface area contributed by atoms with Crippen molar-refractivity contribution < 1.29 is 0 Å². The lowest BCUT2D eigenvalue weighted by Gasteiger charge is -2.28. The third-order valence-corrected chi connectivity index (χ3v) is 13.4. The summed E-state index contributed by atoms with van der Waals surface area (Å²) in [7, 11) is 0. The first kappa shape index (κ1) is 36.7. The molecule has 1 aliphatic carbocycles. The van der Waals surface area contributed by atoms with Gasteiger partial charge in [-0.05, 0) is 214 Å².